The quantitative estimate of drug-likeness (QED) is 0.851. The highest BCUT2D eigenvalue weighted by Crippen LogP contribution is 2.28. The van der Waals surface area contributed by atoms with Crippen LogP contribution in [0.4, 0.5) is 0 Å². The normalized spacial score (nSPS) is 11.0. The van der Waals surface area contributed by atoms with E-state index < -0.39 is 0 Å². The summed E-state index contributed by atoms with van der Waals surface area (Å²) in [5, 5.41) is 11.9. The number of aromatic hydroxyl groups is 1. The van der Waals surface area contributed by atoms with Crippen LogP contribution in [0.15, 0.2) is 42.5 Å². The molecule has 2 aromatic rings. The molecule has 2 rings (SSSR count). The Balaban J connectivity index is 2.27. The number of hydrogen-bond donors (Lipinski definition) is 1. The molecule has 0 aliphatic carbocycles. The first-order chi connectivity index (χ1) is 9.22. The zero-order valence-electron chi connectivity index (χ0n) is 10.8. The Labute approximate surface area is 112 Å². The molecular formula is C16H16O3. The standard InChI is InChI=1S/C16H16O3/c1-2-19-16(18)9-5-8-14-13-7-4-3-6-12(13)10-11-15(14)17/h3-8,10-11,17H,2,9H2,1H3. The summed E-state index contributed by atoms with van der Waals surface area (Å²) in [6.07, 6.45) is 3.67. The minimum atomic E-state index is -0.265. The molecule has 0 unspecified atom stereocenters. The van der Waals surface area contributed by atoms with Crippen LogP contribution < -0.4 is 0 Å². The monoisotopic (exact) mass is 256 g/mol. The number of fused-ring (bicyclic) bond motifs is 1. The molecule has 3 nitrogen and oxygen atoms in total. The van der Waals surface area contributed by atoms with Crippen molar-refractivity contribution >= 4 is 22.8 Å². The number of carbonyl (C=O) groups is 1. The van der Waals surface area contributed by atoms with Crippen LogP contribution in [0.25, 0.3) is 16.8 Å². The Morgan fingerprint density at radius 3 is 2.84 bits per heavy atom. The lowest BCUT2D eigenvalue weighted by Gasteiger charge is -2.05. The van der Waals surface area contributed by atoms with Gasteiger partial charge in [0.25, 0.3) is 0 Å². The minimum absolute atomic E-state index is 0.205. The molecule has 0 bridgehead atoms. The number of benzene rings is 2. The summed E-state index contributed by atoms with van der Waals surface area (Å²) >= 11 is 0. The van der Waals surface area contributed by atoms with E-state index in [2.05, 4.69) is 0 Å². The van der Waals surface area contributed by atoms with Crippen LogP contribution in [0, 0.1) is 0 Å². The van der Waals surface area contributed by atoms with Gasteiger partial charge in [0.2, 0.25) is 0 Å². The molecule has 2 aromatic carbocycles. The van der Waals surface area contributed by atoms with Gasteiger partial charge in [0, 0.05) is 5.56 Å². The van der Waals surface area contributed by atoms with E-state index in [0.717, 1.165) is 16.3 Å². The van der Waals surface area contributed by atoms with Crippen LogP contribution in [0.5, 0.6) is 5.75 Å². The zero-order chi connectivity index (χ0) is 13.7. The van der Waals surface area contributed by atoms with E-state index in [1.54, 1.807) is 25.1 Å². The third kappa shape index (κ3) is 3.13. The molecule has 0 aliphatic heterocycles. The first-order valence-corrected chi connectivity index (χ1v) is 6.25. The summed E-state index contributed by atoms with van der Waals surface area (Å²) in [5.41, 5.74) is 0.724. The van der Waals surface area contributed by atoms with E-state index in [4.69, 9.17) is 4.74 Å². The summed E-state index contributed by atoms with van der Waals surface area (Å²) in [6.45, 7) is 2.16. The Morgan fingerprint density at radius 2 is 2.05 bits per heavy atom. The summed E-state index contributed by atoms with van der Waals surface area (Å²) in [6, 6.07) is 11.3. The molecular weight excluding hydrogens is 240 g/mol. The number of esters is 1. The van der Waals surface area contributed by atoms with Gasteiger partial charge in [0.1, 0.15) is 5.75 Å². The summed E-state index contributed by atoms with van der Waals surface area (Å²) in [7, 11) is 0. The van der Waals surface area contributed by atoms with E-state index >= 15 is 0 Å². The van der Waals surface area contributed by atoms with Gasteiger partial charge in [-0.2, -0.15) is 0 Å². The van der Waals surface area contributed by atoms with Crippen molar-refractivity contribution < 1.29 is 14.6 Å². The second kappa shape index (κ2) is 6.05. The second-order valence-electron chi connectivity index (χ2n) is 4.13. The fourth-order valence-corrected chi connectivity index (χ4v) is 1.95. The maximum atomic E-state index is 11.2. The van der Waals surface area contributed by atoms with Crippen molar-refractivity contribution in [1.29, 1.82) is 0 Å². The molecule has 3 heteroatoms. The number of hydrogen-bond acceptors (Lipinski definition) is 3. The minimum Gasteiger partial charge on any atom is -0.507 e. The lowest BCUT2D eigenvalue weighted by Crippen LogP contribution is -2.01. The van der Waals surface area contributed by atoms with Gasteiger partial charge in [-0.1, -0.05) is 42.5 Å². The maximum Gasteiger partial charge on any atom is 0.309 e. The zero-order valence-corrected chi connectivity index (χ0v) is 10.8. The van der Waals surface area contributed by atoms with Crippen LogP contribution in [-0.2, 0) is 9.53 Å². The van der Waals surface area contributed by atoms with Crippen molar-refractivity contribution in [3.63, 3.8) is 0 Å². The van der Waals surface area contributed by atoms with Crippen LogP contribution in [0.3, 0.4) is 0 Å². The molecule has 0 aliphatic rings. The van der Waals surface area contributed by atoms with E-state index in [1.807, 2.05) is 30.3 Å². The number of carbonyl (C=O) groups excluding carboxylic acids is 1. The fraction of sp³-hybridized carbons (Fsp3) is 0.188. The lowest BCUT2D eigenvalue weighted by molar-refractivity contribution is -0.142. The first kappa shape index (κ1) is 13.1. The van der Waals surface area contributed by atoms with Crippen LogP contribution >= 0.6 is 0 Å². The van der Waals surface area contributed by atoms with E-state index in [1.165, 1.54) is 0 Å². The highest BCUT2D eigenvalue weighted by molar-refractivity contribution is 5.93. The van der Waals surface area contributed by atoms with Crippen LogP contribution in [0.1, 0.15) is 18.9 Å². The number of rotatable bonds is 4. The first-order valence-electron chi connectivity index (χ1n) is 6.25. The van der Waals surface area contributed by atoms with E-state index in [0.29, 0.717) is 6.61 Å². The molecule has 0 radical (unpaired) electrons. The summed E-state index contributed by atoms with van der Waals surface area (Å²) in [5.74, 6) is -0.0581. The van der Waals surface area contributed by atoms with E-state index in [9.17, 15) is 9.90 Å². The Kier molecular flexibility index (Phi) is 4.18. The summed E-state index contributed by atoms with van der Waals surface area (Å²) < 4.78 is 4.84. The predicted octanol–water partition coefficient (Wildman–Crippen LogP) is 3.51. The molecule has 0 fully saturated rings. The predicted molar refractivity (Wildman–Crippen MR) is 75.9 cm³/mol. The number of ether oxygens (including phenoxy) is 1. The Morgan fingerprint density at radius 1 is 1.26 bits per heavy atom. The van der Waals surface area contributed by atoms with Gasteiger partial charge < -0.3 is 9.84 Å². The van der Waals surface area contributed by atoms with Gasteiger partial charge >= 0.3 is 5.97 Å². The smallest absolute Gasteiger partial charge is 0.309 e. The van der Waals surface area contributed by atoms with E-state index in [-0.39, 0.29) is 18.1 Å². The largest absolute Gasteiger partial charge is 0.507 e. The average molecular weight is 256 g/mol. The van der Waals surface area contributed by atoms with Crippen molar-refractivity contribution in [3.05, 3.63) is 48.0 Å². The molecule has 0 saturated heterocycles. The second-order valence-corrected chi connectivity index (χ2v) is 4.13. The van der Waals surface area contributed by atoms with Gasteiger partial charge in [0.15, 0.2) is 0 Å². The van der Waals surface area contributed by atoms with Crippen LogP contribution in [-0.4, -0.2) is 17.7 Å². The van der Waals surface area contributed by atoms with Crippen molar-refractivity contribution in [3.8, 4) is 5.75 Å². The molecule has 0 atom stereocenters. The van der Waals surface area contributed by atoms with Crippen LogP contribution in [0.2, 0.25) is 0 Å². The number of phenolic OH excluding ortho intramolecular Hbond substituents is 1. The summed E-state index contributed by atoms with van der Waals surface area (Å²) in [4.78, 5) is 11.2. The topological polar surface area (TPSA) is 46.5 Å². The fourth-order valence-electron chi connectivity index (χ4n) is 1.95. The van der Waals surface area contributed by atoms with Gasteiger partial charge in [-0.25, -0.2) is 0 Å². The molecule has 0 spiro atoms. The molecule has 0 aromatic heterocycles. The highest BCUT2D eigenvalue weighted by Gasteiger charge is 2.04. The Bertz CT molecular complexity index is 614. The van der Waals surface area contributed by atoms with Gasteiger partial charge in [0.05, 0.1) is 13.0 Å². The van der Waals surface area contributed by atoms with Gasteiger partial charge in [-0.15, -0.1) is 0 Å². The van der Waals surface area contributed by atoms with Gasteiger partial charge in [-0.05, 0) is 23.8 Å². The SMILES string of the molecule is CCOC(=O)CC=Cc1c(O)ccc2ccccc12. The Hall–Kier alpha value is -2.29. The molecule has 19 heavy (non-hydrogen) atoms. The maximum absolute atomic E-state index is 11.2. The van der Waals surface area contributed by atoms with Crippen molar-refractivity contribution in [2.45, 2.75) is 13.3 Å². The molecule has 0 heterocycles. The molecule has 98 valence electrons. The number of phenols is 1. The molecule has 0 amide bonds. The molecule has 0 saturated carbocycles. The van der Waals surface area contributed by atoms with Crippen molar-refractivity contribution in [1.82, 2.24) is 0 Å². The average Bonchev–Trinajstić information content (AvgIpc) is 2.41. The van der Waals surface area contributed by atoms with Gasteiger partial charge in [-0.3, -0.25) is 4.79 Å². The van der Waals surface area contributed by atoms with Crippen molar-refractivity contribution in [2.75, 3.05) is 6.61 Å². The van der Waals surface area contributed by atoms with Crippen molar-refractivity contribution in [2.24, 2.45) is 0 Å². The highest BCUT2D eigenvalue weighted by atomic mass is 16.5. The lowest BCUT2D eigenvalue weighted by atomic mass is 10.0. The third-order valence-corrected chi connectivity index (χ3v) is 2.82. The molecule has 1 N–H and O–H groups in total. The third-order valence-electron chi connectivity index (χ3n) is 2.82.